The number of hydrogen-bond acceptors (Lipinski definition) is 2. The van der Waals surface area contributed by atoms with Crippen molar-refractivity contribution >= 4 is 22.9 Å². The zero-order valence-corrected chi connectivity index (χ0v) is 11.5. The van der Waals surface area contributed by atoms with Gasteiger partial charge in [-0.3, -0.25) is 0 Å². The molecule has 0 aliphatic carbocycles. The molecule has 0 saturated carbocycles. The SMILES string of the molecule is CC(C)NCC(C)C(C)c1ccc(Cl)s1. The fraction of sp³-hybridized carbons (Fsp3) is 0.667. The highest BCUT2D eigenvalue weighted by atomic mass is 35.5. The van der Waals surface area contributed by atoms with Crippen LogP contribution >= 0.6 is 22.9 Å². The molecule has 0 saturated heterocycles. The fourth-order valence-electron chi connectivity index (χ4n) is 1.45. The van der Waals surface area contributed by atoms with Gasteiger partial charge in [-0.1, -0.05) is 39.3 Å². The van der Waals surface area contributed by atoms with Gasteiger partial charge < -0.3 is 5.32 Å². The molecule has 0 spiro atoms. The molecule has 15 heavy (non-hydrogen) atoms. The van der Waals surface area contributed by atoms with E-state index < -0.39 is 0 Å². The van der Waals surface area contributed by atoms with Crippen molar-refractivity contribution in [3.05, 3.63) is 21.3 Å². The van der Waals surface area contributed by atoms with E-state index in [-0.39, 0.29) is 0 Å². The van der Waals surface area contributed by atoms with E-state index in [9.17, 15) is 0 Å². The second-order valence-electron chi connectivity index (χ2n) is 4.47. The summed E-state index contributed by atoms with van der Waals surface area (Å²) in [4.78, 5) is 1.39. The van der Waals surface area contributed by atoms with Crippen molar-refractivity contribution in [3.63, 3.8) is 0 Å². The van der Waals surface area contributed by atoms with Gasteiger partial charge in [0.15, 0.2) is 0 Å². The Balaban J connectivity index is 2.49. The van der Waals surface area contributed by atoms with Gasteiger partial charge in [-0.2, -0.15) is 0 Å². The van der Waals surface area contributed by atoms with Crippen LogP contribution in [0.5, 0.6) is 0 Å². The molecule has 0 bridgehead atoms. The van der Waals surface area contributed by atoms with Gasteiger partial charge in [0.05, 0.1) is 4.34 Å². The zero-order valence-electron chi connectivity index (χ0n) is 9.88. The van der Waals surface area contributed by atoms with Crippen molar-refractivity contribution in [2.45, 2.75) is 39.7 Å². The first-order chi connectivity index (χ1) is 7.00. The van der Waals surface area contributed by atoms with Crippen LogP contribution in [0, 0.1) is 5.92 Å². The van der Waals surface area contributed by atoms with Crippen molar-refractivity contribution < 1.29 is 0 Å². The predicted molar refractivity (Wildman–Crippen MR) is 70.0 cm³/mol. The third kappa shape index (κ3) is 4.13. The maximum absolute atomic E-state index is 5.94. The highest BCUT2D eigenvalue weighted by Crippen LogP contribution is 2.32. The molecular weight excluding hydrogens is 226 g/mol. The molecule has 3 heteroatoms. The second-order valence-corrected chi connectivity index (χ2v) is 6.22. The Hall–Kier alpha value is -0.0500. The van der Waals surface area contributed by atoms with E-state index in [1.807, 2.05) is 6.07 Å². The monoisotopic (exact) mass is 245 g/mol. The molecule has 86 valence electrons. The van der Waals surface area contributed by atoms with Crippen molar-refractivity contribution in [2.24, 2.45) is 5.92 Å². The van der Waals surface area contributed by atoms with Crippen LogP contribution in [0.4, 0.5) is 0 Å². The van der Waals surface area contributed by atoms with Crippen LogP contribution in [0.25, 0.3) is 0 Å². The van der Waals surface area contributed by atoms with Crippen molar-refractivity contribution in [2.75, 3.05) is 6.54 Å². The lowest BCUT2D eigenvalue weighted by atomic mass is 9.94. The molecule has 1 heterocycles. The first-order valence-electron chi connectivity index (χ1n) is 5.49. The highest BCUT2D eigenvalue weighted by Gasteiger charge is 2.16. The van der Waals surface area contributed by atoms with Crippen LogP contribution in [0.3, 0.4) is 0 Å². The van der Waals surface area contributed by atoms with Gasteiger partial charge in [0, 0.05) is 10.9 Å². The first-order valence-corrected chi connectivity index (χ1v) is 6.68. The summed E-state index contributed by atoms with van der Waals surface area (Å²) < 4.78 is 0.890. The van der Waals surface area contributed by atoms with Crippen LogP contribution in [-0.2, 0) is 0 Å². The summed E-state index contributed by atoms with van der Waals surface area (Å²) in [6, 6.07) is 4.69. The Kier molecular flexibility index (Phi) is 5.10. The molecule has 1 aromatic heterocycles. The van der Waals surface area contributed by atoms with Gasteiger partial charge in [-0.15, -0.1) is 11.3 Å². The van der Waals surface area contributed by atoms with E-state index in [1.54, 1.807) is 11.3 Å². The number of hydrogen-bond donors (Lipinski definition) is 1. The molecular formula is C12H20ClNS. The van der Waals surface area contributed by atoms with Crippen LogP contribution in [0.2, 0.25) is 4.34 Å². The average Bonchev–Trinajstić information content (AvgIpc) is 2.60. The molecule has 0 fully saturated rings. The highest BCUT2D eigenvalue weighted by molar-refractivity contribution is 7.16. The third-order valence-corrected chi connectivity index (χ3v) is 4.18. The predicted octanol–water partition coefficient (Wildman–Crippen LogP) is 4.14. The minimum atomic E-state index is 0.562. The largest absolute Gasteiger partial charge is 0.314 e. The normalized spacial score (nSPS) is 15.6. The number of nitrogens with one attached hydrogen (secondary N) is 1. The zero-order chi connectivity index (χ0) is 11.4. The van der Waals surface area contributed by atoms with Crippen molar-refractivity contribution in [1.29, 1.82) is 0 Å². The summed E-state index contributed by atoms with van der Waals surface area (Å²) in [7, 11) is 0. The van der Waals surface area contributed by atoms with Gasteiger partial charge in [0.1, 0.15) is 0 Å². The molecule has 0 amide bonds. The summed E-state index contributed by atoms with van der Waals surface area (Å²) in [6.07, 6.45) is 0. The van der Waals surface area contributed by atoms with Gasteiger partial charge in [-0.25, -0.2) is 0 Å². The van der Waals surface area contributed by atoms with Crippen LogP contribution < -0.4 is 5.32 Å². The fourth-order valence-corrected chi connectivity index (χ4v) is 2.70. The second kappa shape index (κ2) is 5.88. The topological polar surface area (TPSA) is 12.0 Å². The quantitative estimate of drug-likeness (QED) is 0.822. The van der Waals surface area contributed by atoms with E-state index in [1.165, 1.54) is 4.88 Å². The molecule has 1 aromatic rings. The lowest BCUT2D eigenvalue weighted by Crippen LogP contribution is -2.29. The third-order valence-electron chi connectivity index (χ3n) is 2.74. The van der Waals surface area contributed by atoms with Gasteiger partial charge in [0.25, 0.3) is 0 Å². The first kappa shape index (κ1) is 13.0. The van der Waals surface area contributed by atoms with Crippen LogP contribution in [-0.4, -0.2) is 12.6 Å². The smallest absolute Gasteiger partial charge is 0.0931 e. The Morgan fingerprint density at radius 3 is 2.40 bits per heavy atom. The van der Waals surface area contributed by atoms with Crippen molar-refractivity contribution in [3.8, 4) is 0 Å². The molecule has 0 aliphatic rings. The maximum atomic E-state index is 5.94. The summed E-state index contributed by atoms with van der Waals surface area (Å²) in [5.74, 6) is 1.22. The Morgan fingerprint density at radius 1 is 1.27 bits per heavy atom. The van der Waals surface area contributed by atoms with Crippen LogP contribution in [0.1, 0.15) is 38.5 Å². The van der Waals surface area contributed by atoms with Crippen molar-refractivity contribution in [1.82, 2.24) is 5.32 Å². The summed E-state index contributed by atoms with van der Waals surface area (Å²) in [5.41, 5.74) is 0. The van der Waals surface area contributed by atoms with Gasteiger partial charge >= 0.3 is 0 Å². The lowest BCUT2D eigenvalue weighted by Gasteiger charge is -2.20. The molecule has 2 atom stereocenters. The minimum absolute atomic E-state index is 0.562. The summed E-state index contributed by atoms with van der Waals surface area (Å²) in [6.45, 7) is 9.98. The minimum Gasteiger partial charge on any atom is -0.314 e. The van der Waals surface area contributed by atoms with E-state index >= 15 is 0 Å². The van der Waals surface area contributed by atoms with Gasteiger partial charge in [0.2, 0.25) is 0 Å². The molecule has 1 N–H and O–H groups in total. The molecule has 0 aromatic carbocycles. The summed E-state index contributed by atoms with van der Waals surface area (Å²) >= 11 is 7.64. The molecule has 1 nitrogen and oxygen atoms in total. The number of halogens is 1. The Labute approximate surface area is 102 Å². The Morgan fingerprint density at radius 2 is 1.93 bits per heavy atom. The van der Waals surface area contributed by atoms with Crippen LogP contribution in [0.15, 0.2) is 12.1 Å². The van der Waals surface area contributed by atoms with E-state index in [2.05, 4.69) is 39.1 Å². The Bertz CT molecular complexity index is 296. The average molecular weight is 246 g/mol. The van der Waals surface area contributed by atoms with E-state index in [0.717, 1.165) is 10.9 Å². The number of thiophene rings is 1. The van der Waals surface area contributed by atoms with E-state index in [0.29, 0.717) is 17.9 Å². The lowest BCUT2D eigenvalue weighted by molar-refractivity contribution is 0.429. The molecule has 0 aliphatic heterocycles. The molecule has 1 rings (SSSR count). The summed E-state index contributed by atoms with van der Waals surface area (Å²) in [5, 5.41) is 3.47. The van der Waals surface area contributed by atoms with Gasteiger partial charge in [-0.05, 0) is 30.5 Å². The van der Waals surface area contributed by atoms with E-state index in [4.69, 9.17) is 11.6 Å². The molecule has 0 radical (unpaired) electrons. The molecule has 2 unspecified atom stereocenters. The maximum Gasteiger partial charge on any atom is 0.0931 e. The number of rotatable bonds is 5. The standard InChI is InChI=1S/C12H20ClNS/c1-8(2)14-7-9(3)10(4)11-5-6-12(13)15-11/h5-6,8-10,14H,7H2,1-4H3.